The molecule has 0 saturated heterocycles. The van der Waals surface area contributed by atoms with Gasteiger partial charge in [-0.25, -0.2) is 0 Å². The molecule has 0 bridgehead atoms. The summed E-state index contributed by atoms with van der Waals surface area (Å²) in [6, 6.07) is 0. The lowest BCUT2D eigenvalue weighted by Crippen LogP contribution is -2.26. The molecular weight excluding hydrogens is 198 g/mol. The fraction of sp³-hybridized carbons (Fsp3) is 0.667. The predicted molar refractivity (Wildman–Crippen MR) is 43.8 cm³/mol. The average Bonchev–Trinajstić information content (AvgIpc) is 1.84. The van der Waals surface area contributed by atoms with Gasteiger partial charge < -0.3 is 0 Å². The van der Waals surface area contributed by atoms with E-state index in [4.69, 9.17) is 0 Å². The van der Waals surface area contributed by atoms with Gasteiger partial charge >= 0.3 is 0 Å². The van der Waals surface area contributed by atoms with Crippen LogP contribution in [0.25, 0.3) is 0 Å². The molecule has 0 radical (unpaired) electrons. The van der Waals surface area contributed by atoms with Crippen LogP contribution >= 0.6 is 15.9 Å². The molecule has 0 aromatic carbocycles. The first-order valence-corrected chi connectivity index (χ1v) is 3.74. The van der Waals surface area contributed by atoms with E-state index in [1.165, 1.54) is 6.92 Å². The van der Waals surface area contributed by atoms with Crippen molar-refractivity contribution < 1.29 is 4.92 Å². The summed E-state index contributed by atoms with van der Waals surface area (Å²) in [6.45, 7) is 5.02. The number of allylic oxidation sites excluding steroid dienone is 1. The van der Waals surface area contributed by atoms with Crippen LogP contribution in [0.3, 0.4) is 0 Å². The molecule has 0 amide bonds. The molecular formula is C6H10BrNO2. The van der Waals surface area contributed by atoms with Crippen molar-refractivity contribution in [2.24, 2.45) is 0 Å². The van der Waals surface area contributed by atoms with Crippen LogP contribution in [0, 0.1) is 10.1 Å². The van der Waals surface area contributed by atoms with E-state index in [1.807, 2.05) is 0 Å². The zero-order valence-corrected chi connectivity index (χ0v) is 7.43. The summed E-state index contributed by atoms with van der Waals surface area (Å²) >= 11 is 3.00. The molecule has 0 aliphatic carbocycles. The minimum atomic E-state index is -0.985. The van der Waals surface area contributed by atoms with Gasteiger partial charge in [-0.05, 0) is 22.4 Å². The van der Waals surface area contributed by atoms with E-state index in [-0.39, 0.29) is 4.92 Å². The highest BCUT2D eigenvalue weighted by Crippen LogP contribution is 2.23. The Labute approximate surface area is 68.4 Å². The summed E-state index contributed by atoms with van der Waals surface area (Å²) < 4.78 is -0.985. The molecule has 4 heteroatoms. The molecule has 0 saturated carbocycles. The van der Waals surface area contributed by atoms with E-state index in [0.29, 0.717) is 12.8 Å². The number of alkyl halides is 1. The van der Waals surface area contributed by atoms with Gasteiger partial charge in [0.05, 0.1) is 0 Å². The third-order valence-electron chi connectivity index (χ3n) is 1.19. The lowest BCUT2D eigenvalue weighted by molar-refractivity contribution is -0.531. The highest BCUT2D eigenvalue weighted by molar-refractivity contribution is 9.10. The van der Waals surface area contributed by atoms with E-state index >= 15 is 0 Å². The summed E-state index contributed by atoms with van der Waals surface area (Å²) in [5, 5.41) is 10.3. The van der Waals surface area contributed by atoms with E-state index in [0.717, 1.165) is 0 Å². The van der Waals surface area contributed by atoms with Gasteiger partial charge in [0.2, 0.25) is 0 Å². The number of nitro groups is 1. The molecule has 0 spiro atoms. The maximum absolute atomic E-state index is 10.3. The SMILES string of the molecule is C=CCCC(C)(Br)[N+](=O)[O-]. The molecule has 1 unspecified atom stereocenters. The Kier molecular flexibility index (Phi) is 3.57. The van der Waals surface area contributed by atoms with Crippen molar-refractivity contribution in [3.8, 4) is 0 Å². The Morgan fingerprint density at radius 3 is 2.70 bits per heavy atom. The molecule has 0 aromatic heterocycles. The first kappa shape index (κ1) is 9.62. The van der Waals surface area contributed by atoms with E-state index in [2.05, 4.69) is 22.5 Å². The molecule has 0 rings (SSSR count). The first-order valence-electron chi connectivity index (χ1n) is 2.95. The van der Waals surface area contributed by atoms with Crippen LogP contribution in [-0.4, -0.2) is 9.37 Å². The molecule has 10 heavy (non-hydrogen) atoms. The van der Waals surface area contributed by atoms with Crippen molar-refractivity contribution in [1.82, 2.24) is 0 Å². The van der Waals surface area contributed by atoms with Crippen LogP contribution in [0.1, 0.15) is 19.8 Å². The smallest absolute Gasteiger partial charge is 0.263 e. The van der Waals surface area contributed by atoms with Crippen LogP contribution in [0.15, 0.2) is 12.7 Å². The zero-order valence-electron chi connectivity index (χ0n) is 5.84. The van der Waals surface area contributed by atoms with Crippen molar-refractivity contribution in [2.75, 3.05) is 0 Å². The summed E-state index contributed by atoms with van der Waals surface area (Å²) in [6.07, 6.45) is 2.80. The maximum atomic E-state index is 10.3. The van der Waals surface area contributed by atoms with Crippen LogP contribution in [0.4, 0.5) is 0 Å². The number of hydrogen-bond donors (Lipinski definition) is 0. The Bertz CT molecular complexity index is 145. The van der Waals surface area contributed by atoms with Crippen LogP contribution < -0.4 is 0 Å². The minimum Gasteiger partial charge on any atom is -0.263 e. The third-order valence-corrected chi connectivity index (χ3v) is 1.87. The number of halogens is 1. The summed E-state index contributed by atoms with van der Waals surface area (Å²) in [5.41, 5.74) is 0. The highest BCUT2D eigenvalue weighted by Gasteiger charge is 2.31. The molecule has 1 atom stereocenters. The van der Waals surface area contributed by atoms with Gasteiger partial charge in [-0.2, -0.15) is 0 Å². The van der Waals surface area contributed by atoms with Gasteiger partial charge in [-0.3, -0.25) is 10.1 Å². The standard InChI is InChI=1S/C6H10BrNO2/c1-3-4-5-6(2,7)8(9)10/h3H,1,4-5H2,2H3. The van der Waals surface area contributed by atoms with Gasteiger partial charge in [-0.15, -0.1) is 6.58 Å². The van der Waals surface area contributed by atoms with Gasteiger partial charge in [0.25, 0.3) is 4.45 Å². The largest absolute Gasteiger partial charge is 0.272 e. The van der Waals surface area contributed by atoms with Crippen molar-refractivity contribution in [2.45, 2.75) is 24.2 Å². The normalized spacial score (nSPS) is 15.8. The number of nitrogens with zero attached hydrogens (tertiary/aromatic N) is 1. The highest BCUT2D eigenvalue weighted by atomic mass is 79.9. The predicted octanol–water partition coefficient (Wildman–Crippen LogP) is 2.34. The first-order chi connectivity index (χ1) is 4.50. The lowest BCUT2D eigenvalue weighted by Gasteiger charge is -2.10. The summed E-state index contributed by atoms with van der Waals surface area (Å²) in [7, 11) is 0. The molecule has 3 nitrogen and oxygen atoms in total. The lowest BCUT2D eigenvalue weighted by atomic mass is 10.2. The molecule has 0 heterocycles. The molecule has 0 aromatic rings. The summed E-state index contributed by atoms with van der Waals surface area (Å²) in [4.78, 5) is 9.91. The monoisotopic (exact) mass is 207 g/mol. The second kappa shape index (κ2) is 3.71. The third kappa shape index (κ3) is 2.96. The van der Waals surface area contributed by atoms with Gasteiger partial charge in [0.1, 0.15) is 0 Å². The molecule has 0 aliphatic heterocycles. The van der Waals surface area contributed by atoms with Gasteiger partial charge in [0, 0.05) is 18.3 Å². The Morgan fingerprint density at radius 2 is 2.40 bits per heavy atom. The summed E-state index contributed by atoms with van der Waals surface area (Å²) in [5.74, 6) is 0. The maximum Gasteiger partial charge on any atom is 0.272 e. The van der Waals surface area contributed by atoms with Crippen molar-refractivity contribution in [3.05, 3.63) is 22.8 Å². The van der Waals surface area contributed by atoms with Crippen molar-refractivity contribution >= 4 is 15.9 Å². The van der Waals surface area contributed by atoms with Gasteiger partial charge in [-0.1, -0.05) is 6.08 Å². The molecule has 0 aliphatic rings. The van der Waals surface area contributed by atoms with Gasteiger partial charge in [0.15, 0.2) is 0 Å². The fourth-order valence-electron chi connectivity index (χ4n) is 0.457. The average molecular weight is 208 g/mol. The Balaban J connectivity index is 3.86. The van der Waals surface area contributed by atoms with Crippen LogP contribution in [-0.2, 0) is 0 Å². The quantitative estimate of drug-likeness (QED) is 0.234. The molecule has 0 fully saturated rings. The van der Waals surface area contributed by atoms with Crippen LogP contribution in [0.2, 0.25) is 0 Å². The number of rotatable bonds is 4. The second-order valence-electron chi connectivity index (χ2n) is 2.23. The van der Waals surface area contributed by atoms with Crippen molar-refractivity contribution in [1.29, 1.82) is 0 Å². The van der Waals surface area contributed by atoms with E-state index in [9.17, 15) is 10.1 Å². The van der Waals surface area contributed by atoms with Crippen LogP contribution in [0.5, 0.6) is 0 Å². The molecule has 58 valence electrons. The second-order valence-corrected chi connectivity index (χ2v) is 3.94. The zero-order chi connectivity index (χ0) is 8.20. The van der Waals surface area contributed by atoms with E-state index in [1.54, 1.807) is 6.08 Å². The molecule has 0 N–H and O–H groups in total. The minimum absolute atomic E-state index is 0.337. The Morgan fingerprint density at radius 1 is 1.90 bits per heavy atom. The Hall–Kier alpha value is -0.380. The van der Waals surface area contributed by atoms with E-state index < -0.39 is 4.45 Å². The van der Waals surface area contributed by atoms with Crippen molar-refractivity contribution in [3.63, 3.8) is 0 Å². The topological polar surface area (TPSA) is 43.1 Å². The fourth-order valence-corrected chi connectivity index (χ4v) is 0.686. The number of hydrogen-bond acceptors (Lipinski definition) is 2.